The largest absolute Gasteiger partial charge is 0.372 e. The zero-order chi connectivity index (χ0) is 15.8. The molecule has 112 valence electrons. The summed E-state index contributed by atoms with van der Waals surface area (Å²) in [5.74, 6) is 1.34. The van der Waals surface area contributed by atoms with Crippen molar-refractivity contribution in [1.29, 1.82) is 0 Å². The van der Waals surface area contributed by atoms with Gasteiger partial charge in [-0.3, -0.25) is 4.98 Å². The molecule has 2 heterocycles. The minimum atomic E-state index is -0.107. The van der Waals surface area contributed by atoms with E-state index in [1.54, 1.807) is 6.20 Å². The highest BCUT2D eigenvalue weighted by Gasteiger charge is 2.24. The summed E-state index contributed by atoms with van der Waals surface area (Å²) in [6, 6.07) is 1.93. The summed E-state index contributed by atoms with van der Waals surface area (Å²) in [6.45, 7) is 6.36. The van der Waals surface area contributed by atoms with Gasteiger partial charge in [0.25, 0.3) is 0 Å². The topological polar surface area (TPSA) is 50.7 Å². The lowest BCUT2D eigenvalue weighted by Gasteiger charge is -2.21. The molecule has 0 aliphatic heterocycles. The number of nitrogens with one attached hydrogen (secondary N) is 1. The Hall–Kier alpha value is -0.530. The van der Waals surface area contributed by atoms with Gasteiger partial charge in [0.2, 0.25) is 0 Å². The molecule has 0 unspecified atom stereocenters. The average Bonchev–Trinajstić information content (AvgIpc) is 2.38. The van der Waals surface area contributed by atoms with Gasteiger partial charge in [-0.15, -0.1) is 0 Å². The molecular formula is C14H15Br3N4. The SMILES string of the molecule is CNc1nc(-c2ncc(Br)cc2Br)nc(C(C)(C)C)c1Br. The lowest BCUT2D eigenvalue weighted by atomic mass is 9.92. The predicted molar refractivity (Wildman–Crippen MR) is 96.6 cm³/mol. The van der Waals surface area contributed by atoms with Gasteiger partial charge in [0.15, 0.2) is 5.82 Å². The second kappa shape index (κ2) is 6.30. The van der Waals surface area contributed by atoms with E-state index in [1.807, 2.05) is 13.1 Å². The highest BCUT2D eigenvalue weighted by molar-refractivity contribution is 9.11. The molecular weight excluding hydrogens is 464 g/mol. The molecule has 4 nitrogen and oxygen atoms in total. The maximum atomic E-state index is 4.71. The number of halogens is 3. The molecule has 0 radical (unpaired) electrons. The van der Waals surface area contributed by atoms with Crippen LogP contribution in [-0.4, -0.2) is 22.0 Å². The molecule has 0 spiro atoms. The van der Waals surface area contributed by atoms with Crippen LogP contribution in [0.3, 0.4) is 0 Å². The smallest absolute Gasteiger partial charge is 0.181 e. The van der Waals surface area contributed by atoms with Crippen molar-refractivity contribution in [3.63, 3.8) is 0 Å². The third-order valence-electron chi connectivity index (χ3n) is 2.82. The van der Waals surface area contributed by atoms with E-state index in [9.17, 15) is 0 Å². The lowest BCUT2D eigenvalue weighted by Crippen LogP contribution is -2.17. The zero-order valence-corrected chi connectivity index (χ0v) is 16.9. The molecule has 2 rings (SSSR count). The summed E-state index contributed by atoms with van der Waals surface area (Å²) in [5.41, 5.74) is 1.55. The van der Waals surface area contributed by atoms with Gasteiger partial charge in [0.1, 0.15) is 11.5 Å². The van der Waals surface area contributed by atoms with Gasteiger partial charge in [-0.25, -0.2) is 9.97 Å². The summed E-state index contributed by atoms with van der Waals surface area (Å²) in [7, 11) is 1.84. The standard InChI is InChI=1S/C14H15Br3N4/c1-14(2,3)11-9(17)12(18-4)21-13(20-11)10-8(16)5-7(15)6-19-10/h5-6H,1-4H3,(H,18,20,21). The van der Waals surface area contributed by atoms with Crippen molar-refractivity contribution in [2.75, 3.05) is 12.4 Å². The van der Waals surface area contributed by atoms with Gasteiger partial charge in [-0.2, -0.15) is 0 Å². The maximum absolute atomic E-state index is 4.71. The number of hydrogen-bond acceptors (Lipinski definition) is 4. The molecule has 0 bridgehead atoms. The molecule has 0 saturated heterocycles. The zero-order valence-electron chi connectivity index (χ0n) is 12.1. The van der Waals surface area contributed by atoms with Crippen LogP contribution in [0.1, 0.15) is 26.5 Å². The van der Waals surface area contributed by atoms with Gasteiger partial charge in [0, 0.05) is 27.6 Å². The molecule has 2 aromatic rings. The molecule has 7 heteroatoms. The Morgan fingerprint density at radius 2 is 1.76 bits per heavy atom. The van der Waals surface area contributed by atoms with E-state index < -0.39 is 0 Å². The summed E-state index contributed by atoms with van der Waals surface area (Å²) in [5, 5.41) is 3.10. The highest BCUT2D eigenvalue weighted by atomic mass is 79.9. The Labute approximate surface area is 149 Å². The molecule has 0 aliphatic carbocycles. The van der Waals surface area contributed by atoms with E-state index in [-0.39, 0.29) is 5.41 Å². The van der Waals surface area contributed by atoms with E-state index in [0.717, 1.165) is 24.9 Å². The Morgan fingerprint density at radius 3 is 2.29 bits per heavy atom. The molecule has 2 aromatic heterocycles. The van der Waals surface area contributed by atoms with Gasteiger partial charge in [-0.1, -0.05) is 20.8 Å². The first-order valence-corrected chi connectivity index (χ1v) is 8.69. The third-order valence-corrected chi connectivity index (χ3v) is 4.61. The maximum Gasteiger partial charge on any atom is 0.181 e. The summed E-state index contributed by atoms with van der Waals surface area (Å²) in [4.78, 5) is 13.7. The monoisotopic (exact) mass is 476 g/mol. The fourth-order valence-corrected chi connectivity index (χ4v) is 3.93. The van der Waals surface area contributed by atoms with Crippen molar-refractivity contribution in [2.24, 2.45) is 0 Å². The predicted octanol–water partition coefficient (Wildman–Crippen LogP) is 5.17. The number of nitrogens with zero attached hydrogens (tertiary/aromatic N) is 3. The molecule has 1 N–H and O–H groups in total. The van der Waals surface area contributed by atoms with Crippen molar-refractivity contribution >= 4 is 53.6 Å². The number of rotatable bonds is 2. The number of pyridine rings is 1. The van der Waals surface area contributed by atoms with Crippen molar-refractivity contribution in [3.8, 4) is 11.5 Å². The second-order valence-electron chi connectivity index (χ2n) is 5.54. The van der Waals surface area contributed by atoms with Crippen LogP contribution < -0.4 is 5.32 Å². The van der Waals surface area contributed by atoms with E-state index in [2.05, 4.69) is 83.8 Å². The fraction of sp³-hybridized carbons (Fsp3) is 0.357. The van der Waals surface area contributed by atoms with E-state index in [0.29, 0.717) is 11.5 Å². The number of aromatic nitrogens is 3. The molecule has 0 aromatic carbocycles. The van der Waals surface area contributed by atoms with Crippen molar-refractivity contribution in [2.45, 2.75) is 26.2 Å². The minimum Gasteiger partial charge on any atom is -0.372 e. The number of hydrogen-bond donors (Lipinski definition) is 1. The van der Waals surface area contributed by atoms with E-state index in [4.69, 9.17) is 4.98 Å². The summed E-state index contributed by atoms with van der Waals surface area (Å²) in [6.07, 6.45) is 1.74. The van der Waals surface area contributed by atoms with Crippen LogP contribution in [0.5, 0.6) is 0 Å². The first-order chi connectivity index (χ1) is 9.74. The van der Waals surface area contributed by atoms with Gasteiger partial charge in [-0.05, 0) is 53.9 Å². The summed E-state index contributed by atoms with van der Waals surface area (Å²) >= 11 is 10.5. The second-order valence-corrected chi connectivity index (χ2v) is 8.11. The third kappa shape index (κ3) is 3.63. The van der Waals surface area contributed by atoms with Gasteiger partial charge >= 0.3 is 0 Å². The molecule has 21 heavy (non-hydrogen) atoms. The van der Waals surface area contributed by atoms with Crippen LogP contribution in [0.2, 0.25) is 0 Å². The van der Waals surface area contributed by atoms with E-state index >= 15 is 0 Å². The normalized spacial score (nSPS) is 11.6. The lowest BCUT2D eigenvalue weighted by molar-refractivity contribution is 0.564. The van der Waals surface area contributed by atoms with Crippen molar-refractivity contribution in [1.82, 2.24) is 15.0 Å². The van der Waals surface area contributed by atoms with Crippen LogP contribution in [0, 0.1) is 0 Å². The fourth-order valence-electron chi connectivity index (χ4n) is 1.79. The van der Waals surface area contributed by atoms with Crippen LogP contribution in [0.15, 0.2) is 25.7 Å². The first-order valence-electron chi connectivity index (χ1n) is 6.31. The molecule has 0 amide bonds. The molecule has 0 fully saturated rings. The quantitative estimate of drug-likeness (QED) is 0.647. The average molecular weight is 479 g/mol. The van der Waals surface area contributed by atoms with Crippen LogP contribution in [0.25, 0.3) is 11.5 Å². The summed E-state index contributed by atoms with van der Waals surface area (Å²) < 4.78 is 2.63. The Bertz CT molecular complexity index is 681. The van der Waals surface area contributed by atoms with Crippen LogP contribution in [-0.2, 0) is 5.41 Å². The van der Waals surface area contributed by atoms with E-state index in [1.165, 1.54) is 0 Å². The van der Waals surface area contributed by atoms with Crippen molar-refractivity contribution < 1.29 is 0 Å². The van der Waals surface area contributed by atoms with Gasteiger partial charge in [0.05, 0.1) is 10.2 Å². The number of anilines is 1. The van der Waals surface area contributed by atoms with Crippen LogP contribution >= 0.6 is 47.8 Å². The Morgan fingerprint density at radius 1 is 1.10 bits per heavy atom. The minimum absolute atomic E-state index is 0.107. The molecule has 0 saturated carbocycles. The highest BCUT2D eigenvalue weighted by Crippen LogP contribution is 2.35. The van der Waals surface area contributed by atoms with Crippen molar-refractivity contribution in [3.05, 3.63) is 31.4 Å². The molecule has 0 aliphatic rings. The first kappa shape index (κ1) is 16.8. The molecule has 0 atom stereocenters. The van der Waals surface area contributed by atoms with Gasteiger partial charge < -0.3 is 5.32 Å². The Kier molecular flexibility index (Phi) is 5.05. The Balaban J connectivity index is 2.70. The van der Waals surface area contributed by atoms with Crippen LogP contribution in [0.4, 0.5) is 5.82 Å².